The molecule has 0 aliphatic carbocycles. The quantitative estimate of drug-likeness (QED) is 0.584. The Morgan fingerprint density at radius 3 is 2.23 bits per heavy atom. The van der Waals surface area contributed by atoms with Crippen molar-refractivity contribution in [3.63, 3.8) is 0 Å². The summed E-state index contributed by atoms with van der Waals surface area (Å²) in [4.78, 5) is 15.4. The average Bonchev–Trinajstić information content (AvgIpc) is 2.84. The Labute approximate surface area is 183 Å². The highest BCUT2D eigenvalue weighted by atomic mass is 16.5. The fraction of sp³-hybridized carbons (Fsp3) is 0.269. The van der Waals surface area contributed by atoms with E-state index >= 15 is 0 Å². The molecule has 5 nitrogen and oxygen atoms in total. The van der Waals surface area contributed by atoms with Crippen LogP contribution in [-0.4, -0.2) is 38.7 Å². The summed E-state index contributed by atoms with van der Waals surface area (Å²) in [5, 5.41) is 0. The van der Waals surface area contributed by atoms with E-state index < -0.39 is 0 Å². The second-order valence-corrected chi connectivity index (χ2v) is 7.59. The number of hydrogen-bond acceptors (Lipinski definition) is 4. The SMILES string of the molecule is COc1ccc(CC2c3cc(OC)c(OC)cc3CCN2C(=O)c2ccccc2)cc1. The zero-order chi connectivity index (χ0) is 21.8. The number of methoxy groups -OCH3 is 3. The topological polar surface area (TPSA) is 48.0 Å². The van der Waals surface area contributed by atoms with Gasteiger partial charge < -0.3 is 19.1 Å². The van der Waals surface area contributed by atoms with E-state index in [1.807, 2.05) is 59.5 Å². The molecule has 1 heterocycles. The van der Waals surface area contributed by atoms with Gasteiger partial charge in [-0.3, -0.25) is 4.79 Å². The summed E-state index contributed by atoms with van der Waals surface area (Å²) < 4.78 is 16.4. The lowest BCUT2D eigenvalue weighted by Crippen LogP contribution is -2.41. The lowest BCUT2D eigenvalue weighted by Gasteiger charge is -2.38. The second-order valence-electron chi connectivity index (χ2n) is 7.59. The van der Waals surface area contributed by atoms with E-state index in [4.69, 9.17) is 14.2 Å². The van der Waals surface area contributed by atoms with Crippen LogP contribution in [0.2, 0.25) is 0 Å². The minimum atomic E-state index is -0.107. The highest BCUT2D eigenvalue weighted by Gasteiger charge is 2.32. The fourth-order valence-electron chi connectivity index (χ4n) is 4.22. The van der Waals surface area contributed by atoms with E-state index in [1.165, 1.54) is 5.56 Å². The predicted molar refractivity (Wildman–Crippen MR) is 120 cm³/mol. The summed E-state index contributed by atoms with van der Waals surface area (Å²) in [5.41, 5.74) is 4.13. The van der Waals surface area contributed by atoms with Gasteiger partial charge in [0, 0.05) is 12.1 Å². The summed E-state index contributed by atoms with van der Waals surface area (Å²) in [6, 6.07) is 21.4. The van der Waals surface area contributed by atoms with Gasteiger partial charge in [0.25, 0.3) is 5.91 Å². The van der Waals surface area contributed by atoms with Crippen LogP contribution < -0.4 is 14.2 Å². The van der Waals surface area contributed by atoms with Crippen molar-refractivity contribution in [3.8, 4) is 17.2 Å². The molecule has 1 atom stereocenters. The van der Waals surface area contributed by atoms with Crippen LogP contribution in [0, 0.1) is 0 Å². The van der Waals surface area contributed by atoms with Crippen molar-refractivity contribution < 1.29 is 19.0 Å². The number of ether oxygens (including phenoxy) is 3. The van der Waals surface area contributed by atoms with Gasteiger partial charge >= 0.3 is 0 Å². The molecule has 1 unspecified atom stereocenters. The van der Waals surface area contributed by atoms with Gasteiger partial charge in [-0.15, -0.1) is 0 Å². The molecule has 0 fully saturated rings. The van der Waals surface area contributed by atoms with E-state index in [0.717, 1.165) is 23.3 Å². The largest absolute Gasteiger partial charge is 0.497 e. The lowest BCUT2D eigenvalue weighted by molar-refractivity contribution is 0.0659. The van der Waals surface area contributed by atoms with Crippen LogP contribution in [0.3, 0.4) is 0 Å². The Morgan fingerprint density at radius 1 is 0.903 bits per heavy atom. The first-order chi connectivity index (χ1) is 15.1. The molecule has 0 aromatic heterocycles. The molecule has 1 aliphatic rings. The molecule has 3 aromatic rings. The van der Waals surface area contributed by atoms with Gasteiger partial charge in [-0.25, -0.2) is 0 Å². The monoisotopic (exact) mass is 417 g/mol. The van der Waals surface area contributed by atoms with E-state index in [-0.39, 0.29) is 11.9 Å². The maximum atomic E-state index is 13.4. The minimum absolute atomic E-state index is 0.0412. The van der Waals surface area contributed by atoms with Crippen LogP contribution in [0.1, 0.15) is 33.1 Å². The Morgan fingerprint density at radius 2 is 1.58 bits per heavy atom. The van der Waals surface area contributed by atoms with E-state index in [9.17, 15) is 4.79 Å². The van der Waals surface area contributed by atoms with Crippen LogP contribution in [0.4, 0.5) is 0 Å². The highest BCUT2D eigenvalue weighted by molar-refractivity contribution is 5.94. The molecule has 4 rings (SSSR count). The number of rotatable bonds is 6. The highest BCUT2D eigenvalue weighted by Crippen LogP contribution is 2.40. The zero-order valence-electron chi connectivity index (χ0n) is 18.1. The number of benzene rings is 3. The molecule has 160 valence electrons. The van der Waals surface area contributed by atoms with Gasteiger partial charge in [0.05, 0.1) is 27.4 Å². The summed E-state index contributed by atoms with van der Waals surface area (Å²) in [6.07, 6.45) is 1.47. The van der Waals surface area contributed by atoms with Gasteiger partial charge in [-0.1, -0.05) is 30.3 Å². The van der Waals surface area contributed by atoms with E-state index in [0.29, 0.717) is 30.0 Å². The van der Waals surface area contributed by atoms with Crippen LogP contribution in [0.25, 0.3) is 0 Å². The predicted octanol–water partition coefficient (Wildman–Crippen LogP) is 4.69. The summed E-state index contributed by atoms with van der Waals surface area (Å²) >= 11 is 0. The maximum Gasteiger partial charge on any atom is 0.254 e. The molecule has 0 radical (unpaired) electrons. The standard InChI is InChI=1S/C26H27NO4/c1-29-21-11-9-18(10-12-21)15-23-22-17-25(31-3)24(30-2)16-20(22)13-14-27(23)26(28)19-7-5-4-6-8-19/h4-12,16-17,23H,13-15H2,1-3H3. The lowest BCUT2D eigenvalue weighted by atomic mass is 9.87. The van der Waals surface area contributed by atoms with E-state index in [2.05, 4.69) is 12.1 Å². The van der Waals surface area contributed by atoms with Crippen molar-refractivity contribution in [2.75, 3.05) is 27.9 Å². The maximum absolute atomic E-state index is 13.4. The van der Waals surface area contributed by atoms with Crippen molar-refractivity contribution in [1.29, 1.82) is 0 Å². The van der Waals surface area contributed by atoms with Crippen LogP contribution in [0.5, 0.6) is 17.2 Å². The van der Waals surface area contributed by atoms with Crippen molar-refractivity contribution in [3.05, 3.63) is 89.0 Å². The number of carbonyl (C=O) groups excluding carboxylic acids is 1. The molecule has 3 aromatic carbocycles. The number of carbonyl (C=O) groups is 1. The Bertz CT molecular complexity index is 1050. The molecule has 5 heteroatoms. The smallest absolute Gasteiger partial charge is 0.254 e. The molecule has 0 saturated carbocycles. The van der Waals surface area contributed by atoms with Gasteiger partial charge in [0.1, 0.15) is 5.75 Å². The normalized spacial score (nSPS) is 15.2. The Hall–Kier alpha value is -3.47. The van der Waals surface area contributed by atoms with Crippen molar-refractivity contribution in [2.45, 2.75) is 18.9 Å². The Balaban J connectivity index is 1.75. The second kappa shape index (κ2) is 9.13. The summed E-state index contributed by atoms with van der Waals surface area (Å²) in [6.45, 7) is 0.650. The third-order valence-electron chi connectivity index (χ3n) is 5.87. The van der Waals surface area contributed by atoms with Crippen molar-refractivity contribution >= 4 is 5.91 Å². The molecule has 0 spiro atoms. The summed E-state index contributed by atoms with van der Waals surface area (Å²) in [7, 11) is 4.94. The molecule has 0 bridgehead atoms. The van der Waals surface area contributed by atoms with Crippen LogP contribution >= 0.6 is 0 Å². The third-order valence-corrected chi connectivity index (χ3v) is 5.87. The zero-order valence-corrected chi connectivity index (χ0v) is 18.1. The molecule has 0 N–H and O–H groups in total. The van der Waals surface area contributed by atoms with Gasteiger partial charge in [-0.2, -0.15) is 0 Å². The average molecular weight is 418 g/mol. The van der Waals surface area contributed by atoms with Gasteiger partial charge in [0.15, 0.2) is 11.5 Å². The first-order valence-corrected chi connectivity index (χ1v) is 10.4. The number of nitrogens with zero attached hydrogens (tertiary/aromatic N) is 1. The number of hydrogen-bond donors (Lipinski definition) is 0. The minimum Gasteiger partial charge on any atom is -0.497 e. The molecule has 1 aliphatic heterocycles. The first-order valence-electron chi connectivity index (χ1n) is 10.4. The van der Waals surface area contributed by atoms with Gasteiger partial charge in [-0.05, 0) is 65.9 Å². The van der Waals surface area contributed by atoms with Gasteiger partial charge in [0.2, 0.25) is 0 Å². The molecule has 0 saturated heterocycles. The van der Waals surface area contributed by atoms with Crippen molar-refractivity contribution in [2.24, 2.45) is 0 Å². The molecular formula is C26H27NO4. The summed E-state index contributed by atoms with van der Waals surface area (Å²) in [5.74, 6) is 2.25. The third kappa shape index (κ3) is 4.22. The number of fused-ring (bicyclic) bond motifs is 1. The van der Waals surface area contributed by atoms with Crippen LogP contribution in [-0.2, 0) is 12.8 Å². The van der Waals surface area contributed by atoms with E-state index in [1.54, 1.807) is 21.3 Å². The number of amides is 1. The van der Waals surface area contributed by atoms with Crippen molar-refractivity contribution in [1.82, 2.24) is 4.90 Å². The molecular weight excluding hydrogens is 390 g/mol. The fourth-order valence-corrected chi connectivity index (χ4v) is 4.22. The molecule has 1 amide bonds. The molecule has 31 heavy (non-hydrogen) atoms. The first kappa shape index (κ1) is 20.8. The Kier molecular flexibility index (Phi) is 6.12. The van der Waals surface area contributed by atoms with Crippen LogP contribution in [0.15, 0.2) is 66.7 Å².